The SMILES string of the molecule is COc1nn(C)cc1C(=O)N=c1sc2cc3c(cc2n1C)OCO3. The standard InChI is InChI=1S/C15H14N4O4S/c1-18-6-8(14(17-18)21-3)13(20)16-15-19(2)9-4-10-11(23-7-22-10)5-12(9)24-15/h4-6H,7H2,1-3H3. The molecule has 24 heavy (non-hydrogen) atoms. The molecular weight excluding hydrogens is 332 g/mol. The van der Waals surface area contributed by atoms with Crippen LogP contribution in [0, 0.1) is 0 Å². The zero-order valence-electron chi connectivity index (χ0n) is 13.3. The summed E-state index contributed by atoms with van der Waals surface area (Å²) in [5, 5.41) is 4.08. The molecule has 3 heterocycles. The van der Waals surface area contributed by atoms with E-state index in [-0.39, 0.29) is 12.7 Å². The molecule has 1 aliphatic heterocycles. The number of methoxy groups -OCH3 is 1. The van der Waals surface area contributed by atoms with Crippen molar-refractivity contribution >= 4 is 27.5 Å². The van der Waals surface area contributed by atoms with Gasteiger partial charge in [-0.3, -0.25) is 9.48 Å². The maximum Gasteiger partial charge on any atom is 0.286 e. The largest absolute Gasteiger partial charge is 0.479 e. The molecule has 0 fully saturated rings. The van der Waals surface area contributed by atoms with Gasteiger partial charge in [-0.15, -0.1) is 5.10 Å². The monoisotopic (exact) mass is 346 g/mol. The number of ether oxygens (including phenoxy) is 3. The molecule has 0 saturated carbocycles. The molecule has 0 N–H and O–H groups in total. The molecule has 0 saturated heterocycles. The van der Waals surface area contributed by atoms with Crippen LogP contribution in [0.15, 0.2) is 23.3 Å². The topological polar surface area (TPSA) is 79.9 Å². The Kier molecular flexibility index (Phi) is 3.31. The molecule has 0 spiro atoms. The first-order chi connectivity index (χ1) is 11.6. The summed E-state index contributed by atoms with van der Waals surface area (Å²) in [6.45, 7) is 0.229. The minimum atomic E-state index is -0.401. The van der Waals surface area contributed by atoms with Crippen molar-refractivity contribution in [2.75, 3.05) is 13.9 Å². The van der Waals surface area contributed by atoms with Gasteiger partial charge in [-0.2, -0.15) is 4.99 Å². The van der Waals surface area contributed by atoms with Gasteiger partial charge >= 0.3 is 0 Å². The van der Waals surface area contributed by atoms with E-state index in [9.17, 15) is 4.79 Å². The van der Waals surface area contributed by atoms with E-state index in [0.717, 1.165) is 10.2 Å². The lowest BCUT2D eigenvalue weighted by molar-refractivity contribution is 0.0995. The lowest BCUT2D eigenvalue weighted by atomic mass is 10.3. The van der Waals surface area contributed by atoms with Gasteiger partial charge in [-0.1, -0.05) is 11.3 Å². The summed E-state index contributed by atoms with van der Waals surface area (Å²) >= 11 is 1.41. The number of thiazole rings is 1. The minimum Gasteiger partial charge on any atom is -0.479 e. The fourth-order valence-corrected chi connectivity index (χ4v) is 3.56. The van der Waals surface area contributed by atoms with Crippen molar-refractivity contribution in [2.45, 2.75) is 0 Å². The van der Waals surface area contributed by atoms with E-state index in [4.69, 9.17) is 14.2 Å². The van der Waals surface area contributed by atoms with Gasteiger partial charge in [0.2, 0.25) is 12.7 Å². The highest BCUT2D eigenvalue weighted by Crippen LogP contribution is 2.36. The third-order valence-corrected chi connectivity index (χ3v) is 4.81. The maximum atomic E-state index is 12.5. The summed E-state index contributed by atoms with van der Waals surface area (Å²) in [4.78, 5) is 17.3. The maximum absolute atomic E-state index is 12.5. The van der Waals surface area contributed by atoms with Gasteiger partial charge < -0.3 is 18.8 Å². The molecule has 0 bridgehead atoms. The number of hydrogen-bond acceptors (Lipinski definition) is 6. The van der Waals surface area contributed by atoms with Crippen LogP contribution in [-0.4, -0.2) is 34.2 Å². The van der Waals surface area contributed by atoms with E-state index in [0.29, 0.717) is 21.9 Å². The van der Waals surface area contributed by atoms with Crippen LogP contribution < -0.4 is 19.0 Å². The summed E-state index contributed by atoms with van der Waals surface area (Å²) in [7, 11) is 5.05. The van der Waals surface area contributed by atoms with Crippen molar-refractivity contribution in [2.24, 2.45) is 19.1 Å². The Balaban J connectivity index is 1.82. The van der Waals surface area contributed by atoms with Crippen molar-refractivity contribution in [1.29, 1.82) is 0 Å². The summed E-state index contributed by atoms with van der Waals surface area (Å²) in [5.41, 5.74) is 1.25. The van der Waals surface area contributed by atoms with Crippen molar-refractivity contribution in [3.63, 3.8) is 0 Å². The Morgan fingerprint density at radius 3 is 2.83 bits per heavy atom. The number of aryl methyl sites for hydroxylation is 2. The molecule has 0 aliphatic carbocycles. The Hall–Kier alpha value is -2.81. The predicted molar refractivity (Wildman–Crippen MR) is 86.6 cm³/mol. The van der Waals surface area contributed by atoms with Gasteiger partial charge in [0.25, 0.3) is 5.91 Å². The van der Waals surface area contributed by atoms with Gasteiger partial charge in [0.1, 0.15) is 5.56 Å². The third kappa shape index (κ3) is 2.24. The first-order valence-corrected chi connectivity index (χ1v) is 7.94. The number of fused-ring (bicyclic) bond motifs is 2. The second-order valence-corrected chi connectivity index (χ2v) is 6.27. The normalized spacial score (nSPS) is 13.7. The zero-order chi connectivity index (χ0) is 16.8. The Morgan fingerprint density at radius 2 is 2.08 bits per heavy atom. The summed E-state index contributed by atoms with van der Waals surface area (Å²) in [6.07, 6.45) is 1.59. The van der Waals surface area contributed by atoms with Gasteiger partial charge in [-0.05, 0) is 0 Å². The lowest BCUT2D eigenvalue weighted by Gasteiger charge is -1.98. The molecule has 124 valence electrons. The van der Waals surface area contributed by atoms with Crippen LogP contribution >= 0.6 is 11.3 Å². The molecule has 2 aromatic heterocycles. The summed E-state index contributed by atoms with van der Waals surface area (Å²) in [6, 6.07) is 3.79. The first-order valence-electron chi connectivity index (χ1n) is 7.12. The van der Waals surface area contributed by atoms with E-state index < -0.39 is 5.91 Å². The minimum absolute atomic E-state index is 0.229. The Morgan fingerprint density at radius 1 is 1.33 bits per heavy atom. The summed E-state index contributed by atoms with van der Waals surface area (Å²) in [5.74, 6) is 1.26. The second kappa shape index (κ2) is 5.38. The highest BCUT2D eigenvalue weighted by atomic mass is 32.1. The zero-order valence-corrected chi connectivity index (χ0v) is 14.1. The van der Waals surface area contributed by atoms with E-state index in [2.05, 4.69) is 10.1 Å². The van der Waals surface area contributed by atoms with Crippen LogP contribution in [0.4, 0.5) is 0 Å². The molecule has 0 radical (unpaired) electrons. The number of benzene rings is 1. The van der Waals surface area contributed by atoms with Gasteiger partial charge in [0.15, 0.2) is 16.3 Å². The van der Waals surface area contributed by atoms with Crippen LogP contribution in [0.5, 0.6) is 17.4 Å². The predicted octanol–water partition coefficient (Wildman–Crippen LogP) is 1.45. The van der Waals surface area contributed by atoms with E-state index >= 15 is 0 Å². The van der Waals surface area contributed by atoms with E-state index in [1.165, 1.54) is 23.1 Å². The number of amides is 1. The van der Waals surface area contributed by atoms with Crippen LogP contribution in [0.3, 0.4) is 0 Å². The lowest BCUT2D eigenvalue weighted by Crippen LogP contribution is -2.13. The molecule has 0 atom stereocenters. The molecule has 1 aliphatic rings. The molecule has 4 rings (SSSR count). The van der Waals surface area contributed by atoms with Crippen molar-refractivity contribution in [3.05, 3.63) is 28.7 Å². The highest BCUT2D eigenvalue weighted by Gasteiger charge is 2.18. The van der Waals surface area contributed by atoms with Crippen LogP contribution in [-0.2, 0) is 14.1 Å². The first kappa shape index (κ1) is 14.8. The Bertz CT molecular complexity index is 1030. The fourth-order valence-electron chi connectivity index (χ4n) is 2.54. The van der Waals surface area contributed by atoms with Gasteiger partial charge in [0.05, 0.1) is 17.3 Å². The average molecular weight is 346 g/mol. The van der Waals surface area contributed by atoms with Crippen molar-refractivity contribution in [1.82, 2.24) is 14.3 Å². The van der Waals surface area contributed by atoms with E-state index in [1.807, 2.05) is 23.7 Å². The van der Waals surface area contributed by atoms with Gasteiger partial charge in [0, 0.05) is 32.4 Å². The molecule has 1 aromatic carbocycles. The van der Waals surface area contributed by atoms with Crippen LogP contribution in [0.25, 0.3) is 10.2 Å². The van der Waals surface area contributed by atoms with Crippen LogP contribution in [0.1, 0.15) is 10.4 Å². The smallest absolute Gasteiger partial charge is 0.286 e. The van der Waals surface area contributed by atoms with Crippen LogP contribution in [0.2, 0.25) is 0 Å². The van der Waals surface area contributed by atoms with Gasteiger partial charge in [-0.25, -0.2) is 0 Å². The number of nitrogens with zero attached hydrogens (tertiary/aromatic N) is 4. The molecule has 3 aromatic rings. The molecule has 1 amide bonds. The van der Waals surface area contributed by atoms with Crippen molar-refractivity contribution < 1.29 is 19.0 Å². The average Bonchev–Trinajstić information content (AvgIpc) is 3.24. The molecular formula is C15H14N4O4S. The second-order valence-electron chi connectivity index (χ2n) is 5.26. The molecule has 8 nitrogen and oxygen atoms in total. The molecule has 9 heteroatoms. The fraction of sp³-hybridized carbons (Fsp3) is 0.267. The highest BCUT2D eigenvalue weighted by molar-refractivity contribution is 7.16. The number of hydrogen-bond donors (Lipinski definition) is 0. The number of carbonyl (C=O) groups excluding carboxylic acids is 1. The number of rotatable bonds is 2. The van der Waals surface area contributed by atoms with Crippen molar-refractivity contribution in [3.8, 4) is 17.4 Å². The molecule has 0 unspecified atom stereocenters. The number of aromatic nitrogens is 3. The summed E-state index contributed by atoms with van der Waals surface area (Å²) < 4.78 is 20.2. The number of carbonyl (C=O) groups is 1. The third-order valence-electron chi connectivity index (χ3n) is 3.72. The van der Waals surface area contributed by atoms with E-state index in [1.54, 1.807) is 13.2 Å². The quantitative estimate of drug-likeness (QED) is 0.702. The Labute approximate surface area is 140 Å².